The average molecular weight is 226 g/mol. The van der Waals surface area contributed by atoms with Crippen LogP contribution < -0.4 is 0 Å². The number of aromatic nitrogens is 4. The summed E-state index contributed by atoms with van der Waals surface area (Å²) in [5, 5.41) is 0. The van der Waals surface area contributed by atoms with E-state index in [-0.39, 0.29) is 0 Å². The fourth-order valence-electron chi connectivity index (χ4n) is 1.91. The molecule has 0 radical (unpaired) electrons. The van der Waals surface area contributed by atoms with E-state index in [4.69, 9.17) is 0 Å². The molecule has 76 valence electrons. The van der Waals surface area contributed by atoms with Crippen LogP contribution in [-0.2, 0) is 0 Å². The monoisotopic (exact) mass is 226 g/mol. The fourth-order valence-corrected chi connectivity index (χ4v) is 2.85. The number of rotatable bonds is 0. The van der Waals surface area contributed by atoms with Crippen LogP contribution in [0.5, 0.6) is 0 Å². The summed E-state index contributed by atoms with van der Waals surface area (Å²) >= 11 is 1.57. The van der Waals surface area contributed by atoms with Gasteiger partial charge >= 0.3 is 0 Å². The summed E-state index contributed by atoms with van der Waals surface area (Å²) in [6, 6.07) is 8.07. The van der Waals surface area contributed by atoms with Crippen LogP contribution in [0.4, 0.5) is 0 Å². The number of imidazole rings is 1. The highest BCUT2D eigenvalue weighted by Crippen LogP contribution is 2.26. The van der Waals surface area contributed by atoms with Gasteiger partial charge in [0, 0.05) is 12.4 Å². The first-order valence-electron chi connectivity index (χ1n) is 4.90. The number of nitrogens with zero attached hydrogens (tertiary/aromatic N) is 4. The lowest BCUT2D eigenvalue weighted by Gasteiger charge is -1.91. The third kappa shape index (κ3) is 0.906. The lowest BCUT2D eigenvalue weighted by molar-refractivity contribution is 1.22. The fraction of sp³-hybridized carbons (Fsp3) is 0. The second kappa shape index (κ2) is 2.76. The van der Waals surface area contributed by atoms with E-state index in [0.29, 0.717) is 0 Å². The maximum Gasteiger partial charge on any atom is 0.198 e. The van der Waals surface area contributed by atoms with Crippen LogP contribution in [0.1, 0.15) is 0 Å². The number of para-hydroxylation sites is 2. The van der Waals surface area contributed by atoms with E-state index in [0.717, 1.165) is 26.5 Å². The molecule has 16 heavy (non-hydrogen) atoms. The quantitative estimate of drug-likeness (QED) is 0.462. The molecule has 3 aromatic heterocycles. The Balaban J connectivity index is 2.38. The van der Waals surface area contributed by atoms with Gasteiger partial charge in [-0.15, -0.1) is 0 Å². The molecule has 5 heteroatoms. The molecule has 0 aliphatic heterocycles. The Hall–Kier alpha value is -2.01. The third-order valence-electron chi connectivity index (χ3n) is 2.58. The summed E-state index contributed by atoms with van der Waals surface area (Å²) < 4.78 is 2.06. The van der Waals surface area contributed by atoms with Crippen molar-refractivity contribution >= 4 is 37.8 Å². The van der Waals surface area contributed by atoms with Crippen LogP contribution in [0.2, 0.25) is 0 Å². The number of fused-ring (bicyclic) bond motifs is 5. The van der Waals surface area contributed by atoms with Crippen LogP contribution in [-0.4, -0.2) is 19.4 Å². The Morgan fingerprint density at radius 2 is 1.94 bits per heavy atom. The normalized spacial score (nSPS) is 11.8. The average Bonchev–Trinajstić information content (AvgIpc) is 2.83. The number of thiazole rings is 1. The van der Waals surface area contributed by atoms with Crippen LogP contribution in [0.3, 0.4) is 0 Å². The predicted octanol–water partition coefficient (Wildman–Crippen LogP) is 2.49. The van der Waals surface area contributed by atoms with E-state index < -0.39 is 0 Å². The SMILES string of the molecule is c1ccc2c(c1)nc1sc3nccnc3n12. The van der Waals surface area contributed by atoms with Crippen molar-refractivity contribution < 1.29 is 0 Å². The minimum absolute atomic E-state index is 0.885. The van der Waals surface area contributed by atoms with Gasteiger partial charge in [0.25, 0.3) is 0 Å². The van der Waals surface area contributed by atoms with E-state index in [1.165, 1.54) is 0 Å². The maximum atomic E-state index is 4.55. The molecular formula is C11H6N4S. The van der Waals surface area contributed by atoms with Crippen LogP contribution in [0.15, 0.2) is 36.7 Å². The molecule has 0 spiro atoms. The van der Waals surface area contributed by atoms with E-state index in [1.54, 1.807) is 23.7 Å². The van der Waals surface area contributed by atoms with Gasteiger partial charge in [0.1, 0.15) is 0 Å². The van der Waals surface area contributed by atoms with Gasteiger partial charge < -0.3 is 0 Å². The Morgan fingerprint density at radius 1 is 1.06 bits per heavy atom. The molecule has 0 saturated carbocycles. The van der Waals surface area contributed by atoms with Gasteiger partial charge in [0.15, 0.2) is 15.4 Å². The van der Waals surface area contributed by atoms with Crippen molar-refractivity contribution in [1.82, 2.24) is 19.4 Å². The predicted molar refractivity (Wildman–Crippen MR) is 63.7 cm³/mol. The van der Waals surface area contributed by atoms with Gasteiger partial charge in [0.2, 0.25) is 0 Å². The van der Waals surface area contributed by atoms with E-state index >= 15 is 0 Å². The Morgan fingerprint density at radius 3 is 2.94 bits per heavy atom. The number of benzene rings is 1. The second-order valence-corrected chi connectivity index (χ2v) is 4.46. The Labute approximate surface area is 94.2 Å². The van der Waals surface area contributed by atoms with Crippen LogP contribution in [0.25, 0.3) is 26.5 Å². The molecule has 3 heterocycles. The van der Waals surface area contributed by atoms with E-state index in [1.807, 2.05) is 18.2 Å². The minimum atomic E-state index is 0.885. The molecule has 0 unspecified atom stereocenters. The molecule has 0 N–H and O–H groups in total. The maximum absolute atomic E-state index is 4.55. The molecule has 1 aromatic carbocycles. The van der Waals surface area contributed by atoms with Crippen molar-refractivity contribution in [2.45, 2.75) is 0 Å². The van der Waals surface area contributed by atoms with Gasteiger partial charge in [-0.05, 0) is 12.1 Å². The smallest absolute Gasteiger partial charge is 0.198 e. The highest BCUT2D eigenvalue weighted by atomic mass is 32.1. The van der Waals surface area contributed by atoms with Gasteiger partial charge in [-0.2, -0.15) is 0 Å². The van der Waals surface area contributed by atoms with Gasteiger partial charge in [-0.1, -0.05) is 23.5 Å². The van der Waals surface area contributed by atoms with Gasteiger partial charge in [-0.3, -0.25) is 4.40 Å². The largest absolute Gasteiger partial charge is 0.265 e. The first-order valence-corrected chi connectivity index (χ1v) is 5.72. The molecule has 0 bridgehead atoms. The molecular weight excluding hydrogens is 220 g/mol. The summed E-state index contributed by atoms with van der Waals surface area (Å²) in [5.74, 6) is 0. The summed E-state index contributed by atoms with van der Waals surface area (Å²) in [6.07, 6.45) is 3.42. The molecule has 0 fully saturated rings. The zero-order valence-electron chi connectivity index (χ0n) is 8.16. The van der Waals surface area contributed by atoms with Crippen molar-refractivity contribution in [3.63, 3.8) is 0 Å². The van der Waals surface area contributed by atoms with Crippen molar-refractivity contribution in [3.05, 3.63) is 36.7 Å². The number of hydrogen-bond donors (Lipinski definition) is 0. The first-order chi connectivity index (χ1) is 7.93. The zero-order valence-corrected chi connectivity index (χ0v) is 8.98. The van der Waals surface area contributed by atoms with E-state index in [2.05, 4.69) is 25.4 Å². The van der Waals surface area contributed by atoms with Crippen molar-refractivity contribution in [3.8, 4) is 0 Å². The minimum Gasteiger partial charge on any atom is -0.265 e. The zero-order chi connectivity index (χ0) is 10.5. The highest BCUT2D eigenvalue weighted by molar-refractivity contribution is 7.23. The summed E-state index contributed by atoms with van der Waals surface area (Å²) in [6.45, 7) is 0. The topological polar surface area (TPSA) is 43.1 Å². The molecule has 0 aliphatic rings. The molecule has 0 atom stereocenters. The Bertz CT molecular complexity index is 749. The second-order valence-electron chi connectivity index (χ2n) is 3.51. The third-order valence-corrected chi connectivity index (χ3v) is 3.51. The van der Waals surface area contributed by atoms with Crippen molar-refractivity contribution in [2.75, 3.05) is 0 Å². The molecule has 4 nitrogen and oxygen atoms in total. The molecule has 0 saturated heterocycles. The van der Waals surface area contributed by atoms with Crippen LogP contribution >= 0.6 is 11.3 Å². The molecule has 0 amide bonds. The Kier molecular flexibility index (Phi) is 1.41. The summed E-state index contributed by atoms with van der Waals surface area (Å²) in [4.78, 5) is 15.1. The lowest BCUT2D eigenvalue weighted by atomic mass is 10.3. The lowest BCUT2D eigenvalue weighted by Crippen LogP contribution is -1.84. The van der Waals surface area contributed by atoms with Gasteiger partial charge in [0.05, 0.1) is 11.0 Å². The van der Waals surface area contributed by atoms with Crippen LogP contribution in [0, 0.1) is 0 Å². The molecule has 0 aliphatic carbocycles. The summed E-state index contributed by atoms with van der Waals surface area (Å²) in [5.41, 5.74) is 2.97. The van der Waals surface area contributed by atoms with Crippen molar-refractivity contribution in [2.24, 2.45) is 0 Å². The van der Waals surface area contributed by atoms with Crippen molar-refractivity contribution in [1.29, 1.82) is 0 Å². The number of hydrogen-bond acceptors (Lipinski definition) is 4. The highest BCUT2D eigenvalue weighted by Gasteiger charge is 2.11. The van der Waals surface area contributed by atoms with Gasteiger partial charge in [-0.25, -0.2) is 15.0 Å². The summed E-state index contributed by atoms with van der Waals surface area (Å²) in [7, 11) is 0. The first kappa shape index (κ1) is 8.18. The standard InChI is InChI=1S/C11H6N4S/c1-2-4-8-7(3-1)14-11-15(8)9-10(16-11)13-6-5-12-9/h1-6H. The molecule has 4 rings (SSSR count). The van der Waals surface area contributed by atoms with E-state index in [9.17, 15) is 0 Å². The molecule has 4 aromatic rings.